The Kier molecular flexibility index (Phi) is 6.18. The van der Waals surface area contributed by atoms with Crippen molar-refractivity contribution in [2.75, 3.05) is 13.1 Å². The zero-order chi connectivity index (χ0) is 15.1. The van der Waals surface area contributed by atoms with Gasteiger partial charge in [0.25, 0.3) is 0 Å². The van der Waals surface area contributed by atoms with Crippen molar-refractivity contribution in [1.29, 1.82) is 0 Å². The maximum absolute atomic E-state index is 13.0. The lowest BCUT2D eigenvalue weighted by atomic mass is 10.1. The highest BCUT2D eigenvalue weighted by atomic mass is 35.5. The van der Waals surface area contributed by atoms with Crippen LogP contribution in [-0.2, 0) is 13.1 Å². The van der Waals surface area contributed by atoms with E-state index in [-0.39, 0.29) is 5.82 Å². The maximum atomic E-state index is 13.0. The molecule has 2 aromatic rings. The van der Waals surface area contributed by atoms with E-state index in [1.807, 2.05) is 36.4 Å². The van der Waals surface area contributed by atoms with Gasteiger partial charge in [0.05, 0.1) is 0 Å². The first-order valence-electron chi connectivity index (χ1n) is 7.08. The van der Waals surface area contributed by atoms with Crippen molar-refractivity contribution in [3.05, 3.63) is 70.5 Å². The van der Waals surface area contributed by atoms with Crippen molar-refractivity contribution >= 4 is 11.6 Å². The Hall–Kier alpha value is -1.42. The summed E-state index contributed by atoms with van der Waals surface area (Å²) in [4.78, 5) is 2.31. The monoisotopic (exact) mass is 306 g/mol. The fraction of sp³-hybridized carbons (Fsp3) is 0.294. The second kappa shape index (κ2) is 8.13. The second-order valence-electron chi connectivity index (χ2n) is 5.11. The summed E-state index contributed by atoms with van der Waals surface area (Å²) in [7, 11) is 0. The first-order valence-corrected chi connectivity index (χ1v) is 7.46. The van der Waals surface area contributed by atoms with Crippen molar-refractivity contribution in [1.82, 2.24) is 4.90 Å². The number of rotatable bonds is 7. The molecule has 0 spiro atoms. The van der Waals surface area contributed by atoms with Crippen LogP contribution in [0, 0.1) is 5.82 Å². The van der Waals surface area contributed by atoms with Gasteiger partial charge in [-0.3, -0.25) is 4.90 Å². The Morgan fingerprint density at radius 1 is 0.905 bits per heavy atom. The van der Waals surface area contributed by atoms with E-state index in [0.29, 0.717) is 6.54 Å². The highest BCUT2D eigenvalue weighted by Gasteiger charge is 2.07. The molecule has 2 aromatic carbocycles. The van der Waals surface area contributed by atoms with Gasteiger partial charge in [0.2, 0.25) is 0 Å². The molecule has 0 heterocycles. The van der Waals surface area contributed by atoms with Crippen molar-refractivity contribution in [3.63, 3.8) is 0 Å². The highest BCUT2D eigenvalue weighted by molar-refractivity contribution is 6.30. The predicted molar refractivity (Wildman–Crippen MR) is 85.6 cm³/mol. The predicted octanol–water partition coefficient (Wildman–Crippen LogP) is 3.83. The van der Waals surface area contributed by atoms with Gasteiger partial charge in [-0.15, -0.1) is 0 Å². The Balaban J connectivity index is 2.02. The number of halogens is 2. The van der Waals surface area contributed by atoms with Crippen molar-refractivity contribution in [3.8, 4) is 0 Å². The van der Waals surface area contributed by atoms with Crippen molar-refractivity contribution in [2.45, 2.75) is 19.5 Å². The molecule has 0 saturated carbocycles. The summed E-state index contributed by atoms with van der Waals surface area (Å²) < 4.78 is 13.0. The molecular formula is C17H20ClFN2. The van der Waals surface area contributed by atoms with Gasteiger partial charge in [-0.25, -0.2) is 4.39 Å². The standard InChI is InChI=1S/C17H20ClFN2/c18-16-6-2-14(3-7-16)12-21(11-1-10-20)13-15-4-8-17(19)9-5-15/h2-9H,1,10-13,20H2. The van der Waals surface area contributed by atoms with E-state index in [1.54, 1.807) is 0 Å². The van der Waals surface area contributed by atoms with Gasteiger partial charge in [0.1, 0.15) is 5.82 Å². The average molecular weight is 307 g/mol. The minimum Gasteiger partial charge on any atom is -0.330 e. The minimum atomic E-state index is -0.204. The summed E-state index contributed by atoms with van der Waals surface area (Å²) in [6.45, 7) is 3.19. The van der Waals surface area contributed by atoms with Crippen LogP contribution in [0.5, 0.6) is 0 Å². The van der Waals surface area contributed by atoms with Gasteiger partial charge >= 0.3 is 0 Å². The minimum absolute atomic E-state index is 0.204. The van der Waals surface area contributed by atoms with Crippen LogP contribution in [-0.4, -0.2) is 18.0 Å². The van der Waals surface area contributed by atoms with Gasteiger partial charge in [0, 0.05) is 24.7 Å². The normalized spacial score (nSPS) is 11.0. The smallest absolute Gasteiger partial charge is 0.123 e. The molecule has 0 aromatic heterocycles. The maximum Gasteiger partial charge on any atom is 0.123 e. The third-order valence-electron chi connectivity index (χ3n) is 3.32. The molecule has 2 nitrogen and oxygen atoms in total. The van der Waals surface area contributed by atoms with Gasteiger partial charge in [-0.05, 0) is 48.4 Å². The summed E-state index contributed by atoms with van der Waals surface area (Å²) >= 11 is 5.91. The van der Waals surface area contributed by atoms with Crippen molar-refractivity contribution < 1.29 is 4.39 Å². The average Bonchev–Trinajstić information content (AvgIpc) is 2.49. The van der Waals surface area contributed by atoms with Gasteiger partial charge in [0.15, 0.2) is 0 Å². The molecule has 21 heavy (non-hydrogen) atoms. The Labute approximate surface area is 130 Å². The summed E-state index contributed by atoms with van der Waals surface area (Å²) in [5.41, 5.74) is 7.92. The molecule has 2 N–H and O–H groups in total. The molecule has 0 aliphatic heterocycles. The fourth-order valence-corrected chi connectivity index (χ4v) is 2.35. The van der Waals surface area contributed by atoms with Gasteiger partial charge < -0.3 is 5.73 Å². The van der Waals surface area contributed by atoms with Crippen LogP contribution < -0.4 is 5.73 Å². The summed E-state index contributed by atoms with van der Waals surface area (Å²) in [6.07, 6.45) is 0.939. The van der Waals surface area contributed by atoms with Crippen LogP contribution in [0.1, 0.15) is 17.5 Å². The van der Waals surface area contributed by atoms with E-state index in [2.05, 4.69) is 4.90 Å². The SMILES string of the molecule is NCCCN(Cc1ccc(F)cc1)Cc1ccc(Cl)cc1. The van der Waals surface area contributed by atoms with E-state index in [4.69, 9.17) is 17.3 Å². The first-order chi connectivity index (χ1) is 10.2. The molecule has 4 heteroatoms. The largest absolute Gasteiger partial charge is 0.330 e. The third-order valence-corrected chi connectivity index (χ3v) is 3.57. The summed E-state index contributed by atoms with van der Waals surface area (Å²) in [5, 5.41) is 0.741. The molecule has 0 fully saturated rings. The van der Waals surface area contributed by atoms with Gasteiger partial charge in [-0.1, -0.05) is 35.9 Å². The number of benzene rings is 2. The molecule has 2 rings (SSSR count). The Morgan fingerprint density at radius 2 is 1.43 bits per heavy atom. The van der Waals surface area contributed by atoms with Crippen LogP contribution >= 0.6 is 11.6 Å². The van der Waals surface area contributed by atoms with Crippen molar-refractivity contribution in [2.24, 2.45) is 5.73 Å². The highest BCUT2D eigenvalue weighted by Crippen LogP contribution is 2.14. The summed E-state index contributed by atoms with van der Waals surface area (Å²) in [6, 6.07) is 14.5. The summed E-state index contributed by atoms with van der Waals surface area (Å²) in [5.74, 6) is -0.204. The second-order valence-corrected chi connectivity index (χ2v) is 5.54. The molecule has 0 bridgehead atoms. The van der Waals surface area contributed by atoms with Crippen LogP contribution in [0.15, 0.2) is 48.5 Å². The molecule has 0 radical (unpaired) electrons. The van der Waals surface area contributed by atoms with Crippen LogP contribution in [0.25, 0.3) is 0 Å². The number of nitrogens with two attached hydrogens (primary N) is 1. The zero-order valence-corrected chi connectivity index (χ0v) is 12.7. The van der Waals surface area contributed by atoms with Crippen LogP contribution in [0.4, 0.5) is 4.39 Å². The molecular weight excluding hydrogens is 287 g/mol. The van der Waals surface area contributed by atoms with Crippen LogP contribution in [0.3, 0.4) is 0 Å². The van der Waals surface area contributed by atoms with E-state index < -0.39 is 0 Å². The number of nitrogens with zero attached hydrogens (tertiary/aromatic N) is 1. The number of hydrogen-bond acceptors (Lipinski definition) is 2. The Morgan fingerprint density at radius 3 is 1.95 bits per heavy atom. The zero-order valence-electron chi connectivity index (χ0n) is 11.9. The van der Waals surface area contributed by atoms with Crippen LogP contribution in [0.2, 0.25) is 5.02 Å². The third kappa shape index (κ3) is 5.46. The Bertz CT molecular complexity index is 492. The lowest BCUT2D eigenvalue weighted by molar-refractivity contribution is 0.255. The topological polar surface area (TPSA) is 29.3 Å². The molecule has 0 unspecified atom stereocenters. The molecule has 0 amide bonds. The van der Waals surface area contributed by atoms with E-state index in [0.717, 1.165) is 36.6 Å². The molecule has 112 valence electrons. The molecule has 0 aliphatic rings. The quantitative estimate of drug-likeness (QED) is 0.842. The molecule has 0 atom stereocenters. The lowest BCUT2D eigenvalue weighted by Crippen LogP contribution is -2.25. The lowest BCUT2D eigenvalue weighted by Gasteiger charge is -2.22. The van der Waals surface area contributed by atoms with E-state index in [9.17, 15) is 4.39 Å². The molecule has 0 aliphatic carbocycles. The van der Waals surface area contributed by atoms with E-state index in [1.165, 1.54) is 17.7 Å². The fourth-order valence-electron chi connectivity index (χ4n) is 2.22. The molecule has 0 saturated heterocycles. The number of hydrogen-bond donors (Lipinski definition) is 1. The van der Waals surface area contributed by atoms with Gasteiger partial charge in [-0.2, -0.15) is 0 Å². The first kappa shape index (κ1) is 16.0. The van der Waals surface area contributed by atoms with E-state index >= 15 is 0 Å².